The highest BCUT2D eigenvalue weighted by Crippen LogP contribution is 2.55. The van der Waals surface area contributed by atoms with Crippen molar-refractivity contribution in [1.82, 2.24) is 0 Å². The standard InChI is InChI=1S/C9H21N2O4P/c1-3-5-9(4-2,16(13,14)15)8(12)7(11)6-10/h7H,3-6,10-11H2,1-2H3,(H2,13,14,15). The third-order valence-electron chi connectivity index (χ3n) is 2.86. The zero-order valence-electron chi connectivity index (χ0n) is 9.72. The summed E-state index contributed by atoms with van der Waals surface area (Å²) >= 11 is 0. The number of rotatable bonds is 7. The van der Waals surface area contributed by atoms with Gasteiger partial charge in [0.25, 0.3) is 0 Å². The number of carbonyl (C=O) groups is 1. The Bertz CT molecular complexity index is 291. The van der Waals surface area contributed by atoms with Gasteiger partial charge < -0.3 is 21.3 Å². The number of Topliss-reactive ketones (excluding diaryl/α,β-unsaturated/α-hetero) is 1. The molecule has 6 N–H and O–H groups in total. The van der Waals surface area contributed by atoms with E-state index in [1.54, 1.807) is 13.8 Å². The second-order valence-electron chi connectivity index (χ2n) is 3.89. The van der Waals surface area contributed by atoms with Crippen molar-refractivity contribution in [2.45, 2.75) is 44.3 Å². The molecule has 7 heteroatoms. The smallest absolute Gasteiger partial charge is 0.328 e. The summed E-state index contributed by atoms with van der Waals surface area (Å²) in [5.41, 5.74) is 10.8. The molecule has 0 amide bonds. The molecule has 0 aliphatic rings. The highest BCUT2D eigenvalue weighted by molar-refractivity contribution is 7.54. The highest BCUT2D eigenvalue weighted by Gasteiger charge is 2.51. The van der Waals surface area contributed by atoms with E-state index in [4.69, 9.17) is 11.5 Å². The average Bonchev–Trinajstić information content (AvgIpc) is 2.22. The molecule has 0 aromatic rings. The maximum atomic E-state index is 12.0. The molecule has 96 valence electrons. The Morgan fingerprint density at radius 3 is 2.19 bits per heavy atom. The van der Waals surface area contributed by atoms with Crippen LogP contribution in [0.3, 0.4) is 0 Å². The van der Waals surface area contributed by atoms with Crippen molar-refractivity contribution in [1.29, 1.82) is 0 Å². The van der Waals surface area contributed by atoms with Gasteiger partial charge in [0.1, 0.15) is 5.16 Å². The zero-order chi connectivity index (χ0) is 13.0. The molecule has 0 fully saturated rings. The third-order valence-corrected chi connectivity index (χ3v) is 4.73. The van der Waals surface area contributed by atoms with E-state index in [0.29, 0.717) is 6.42 Å². The first-order valence-electron chi connectivity index (χ1n) is 5.32. The fourth-order valence-corrected chi connectivity index (χ4v) is 3.21. The van der Waals surface area contributed by atoms with Crippen LogP contribution in [-0.4, -0.2) is 33.3 Å². The molecule has 0 saturated carbocycles. The Kier molecular flexibility index (Phi) is 5.79. The Hall–Kier alpha value is -0.260. The summed E-state index contributed by atoms with van der Waals surface area (Å²) in [5.74, 6) is -0.632. The lowest BCUT2D eigenvalue weighted by Gasteiger charge is -2.33. The summed E-state index contributed by atoms with van der Waals surface area (Å²) < 4.78 is 11.5. The number of hydrogen-bond donors (Lipinski definition) is 4. The van der Waals surface area contributed by atoms with Crippen molar-refractivity contribution in [3.63, 3.8) is 0 Å². The number of nitrogens with two attached hydrogens (primary N) is 2. The third kappa shape index (κ3) is 2.90. The molecule has 0 aromatic carbocycles. The molecular formula is C9H21N2O4P. The SMILES string of the molecule is CCCC(CC)(C(=O)C(N)CN)P(=O)(O)O. The van der Waals surface area contributed by atoms with Crippen molar-refractivity contribution in [2.24, 2.45) is 11.5 Å². The number of hydrogen-bond acceptors (Lipinski definition) is 4. The van der Waals surface area contributed by atoms with Crippen LogP contribution in [-0.2, 0) is 9.36 Å². The van der Waals surface area contributed by atoms with Crippen LogP contribution in [0.15, 0.2) is 0 Å². The van der Waals surface area contributed by atoms with Crippen LogP contribution in [0.1, 0.15) is 33.1 Å². The monoisotopic (exact) mass is 252 g/mol. The summed E-state index contributed by atoms with van der Waals surface area (Å²) in [6.45, 7) is 3.24. The van der Waals surface area contributed by atoms with Crippen LogP contribution in [0.25, 0.3) is 0 Å². The first-order chi connectivity index (χ1) is 7.26. The van der Waals surface area contributed by atoms with Gasteiger partial charge in [0.2, 0.25) is 0 Å². The van der Waals surface area contributed by atoms with Crippen LogP contribution in [0, 0.1) is 0 Å². The molecule has 0 spiro atoms. The predicted octanol–water partition coefficient (Wildman–Crippen LogP) is -0.0319. The van der Waals surface area contributed by atoms with Gasteiger partial charge in [0.05, 0.1) is 6.04 Å². The van der Waals surface area contributed by atoms with Crippen LogP contribution in [0.2, 0.25) is 0 Å². The van der Waals surface area contributed by atoms with Gasteiger partial charge in [-0.1, -0.05) is 20.3 Å². The van der Waals surface area contributed by atoms with E-state index >= 15 is 0 Å². The maximum Gasteiger partial charge on any atom is 0.339 e. The quantitative estimate of drug-likeness (QED) is 0.471. The largest absolute Gasteiger partial charge is 0.339 e. The van der Waals surface area contributed by atoms with E-state index in [1.807, 2.05) is 0 Å². The lowest BCUT2D eigenvalue weighted by atomic mass is 9.90. The van der Waals surface area contributed by atoms with E-state index in [9.17, 15) is 19.1 Å². The van der Waals surface area contributed by atoms with E-state index in [1.165, 1.54) is 0 Å². The number of carbonyl (C=O) groups excluding carboxylic acids is 1. The minimum absolute atomic E-state index is 0.0671. The Morgan fingerprint density at radius 2 is 1.94 bits per heavy atom. The molecule has 0 rings (SSSR count). The molecule has 0 aliphatic heterocycles. The van der Waals surface area contributed by atoms with Crippen LogP contribution < -0.4 is 11.5 Å². The minimum atomic E-state index is -4.53. The normalized spacial score (nSPS) is 17.9. The Labute approximate surface area is 95.6 Å². The molecule has 2 atom stereocenters. The molecular weight excluding hydrogens is 231 g/mol. The minimum Gasteiger partial charge on any atom is -0.328 e. The first kappa shape index (κ1) is 15.7. The highest BCUT2D eigenvalue weighted by atomic mass is 31.2. The summed E-state index contributed by atoms with van der Waals surface area (Å²) in [5, 5.41) is -1.67. The van der Waals surface area contributed by atoms with Gasteiger partial charge in [0.15, 0.2) is 5.78 Å². The van der Waals surface area contributed by atoms with Gasteiger partial charge in [-0.05, 0) is 12.8 Å². The van der Waals surface area contributed by atoms with E-state index < -0.39 is 24.6 Å². The maximum absolute atomic E-state index is 12.0. The second kappa shape index (κ2) is 5.89. The van der Waals surface area contributed by atoms with Gasteiger partial charge in [-0.25, -0.2) is 0 Å². The molecule has 0 heterocycles. The molecule has 2 unspecified atom stereocenters. The van der Waals surface area contributed by atoms with Crippen LogP contribution >= 0.6 is 7.60 Å². The van der Waals surface area contributed by atoms with E-state index in [2.05, 4.69) is 0 Å². The lowest BCUT2D eigenvalue weighted by Crippen LogP contribution is -2.51. The summed E-state index contributed by atoms with van der Waals surface area (Å²) in [7, 11) is -4.53. The molecule has 0 aromatic heterocycles. The van der Waals surface area contributed by atoms with Crippen LogP contribution in [0.5, 0.6) is 0 Å². The Morgan fingerprint density at radius 1 is 1.44 bits per heavy atom. The van der Waals surface area contributed by atoms with Gasteiger partial charge in [0, 0.05) is 6.54 Å². The topological polar surface area (TPSA) is 127 Å². The molecule has 0 radical (unpaired) electrons. The lowest BCUT2D eigenvalue weighted by molar-refractivity contribution is -0.123. The van der Waals surface area contributed by atoms with Crippen LogP contribution in [0.4, 0.5) is 0 Å². The van der Waals surface area contributed by atoms with Crippen molar-refractivity contribution in [3.05, 3.63) is 0 Å². The fourth-order valence-electron chi connectivity index (χ4n) is 1.84. The molecule has 0 aliphatic carbocycles. The van der Waals surface area contributed by atoms with Crippen molar-refractivity contribution in [3.8, 4) is 0 Å². The molecule has 0 saturated heterocycles. The van der Waals surface area contributed by atoms with Gasteiger partial charge in [-0.3, -0.25) is 9.36 Å². The zero-order valence-corrected chi connectivity index (χ0v) is 10.6. The van der Waals surface area contributed by atoms with Crippen molar-refractivity contribution in [2.75, 3.05) is 6.54 Å². The van der Waals surface area contributed by atoms with Gasteiger partial charge in [-0.15, -0.1) is 0 Å². The Balaban J connectivity index is 5.37. The van der Waals surface area contributed by atoms with Crippen molar-refractivity contribution < 1.29 is 19.1 Å². The van der Waals surface area contributed by atoms with Crippen molar-refractivity contribution >= 4 is 13.4 Å². The predicted molar refractivity (Wildman–Crippen MR) is 62.0 cm³/mol. The molecule has 6 nitrogen and oxygen atoms in total. The van der Waals surface area contributed by atoms with Gasteiger partial charge >= 0.3 is 7.60 Å². The summed E-state index contributed by atoms with van der Waals surface area (Å²) in [6.07, 6.45) is 0.694. The molecule has 0 bridgehead atoms. The summed E-state index contributed by atoms with van der Waals surface area (Å²) in [4.78, 5) is 30.7. The van der Waals surface area contributed by atoms with E-state index in [-0.39, 0.29) is 19.4 Å². The fraction of sp³-hybridized carbons (Fsp3) is 0.889. The summed E-state index contributed by atoms with van der Waals surface area (Å²) in [6, 6.07) is -1.01. The second-order valence-corrected chi connectivity index (χ2v) is 5.83. The van der Waals surface area contributed by atoms with E-state index in [0.717, 1.165) is 0 Å². The molecule has 16 heavy (non-hydrogen) atoms. The first-order valence-corrected chi connectivity index (χ1v) is 6.93. The number of ketones is 1. The van der Waals surface area contributed by atoms with Gasteiger partial charge in [-0.2, -0.15) is 0 Å². The average molecular weight is 252 g/mol.